The third-order valence-corrected chi connectivity index (χ3v) is 6.98. The Hall–Kier alpha value is -2.20. The van der Waals surface area contributed by atoms with E-state index in [1.165, 1.54) is 11.0 Å². The van der Waals surface area contributed by atoms with Crippen molar-refractivity contribution in [2.24, 2.45) is 5.92 Å². The Balaban J connectivity index is 1.38. The molecule has 1 aliphatic heterocycles. The molecule has 31 heavy (non-hydrogen) atoms. The van der Waals surface area contributed by atoms with Crippen LogP contribution >= 0.6 is 0 Å². The topological polar surface area (TPSA) is 105 Å². The van der Waals surface area contributed by atoms with Crippen LogP contribution in [0.5, 0.6) is 5.75 Å². The number of hydrogen-bond acceptors (Lipinski definition) is 5. The Morgan fingerprint density at radius 3 is 2.65 bits per heavy atom. The van der Waals surface area contributed by atoms with Crippen molar-refractivity contribution in [3.8, 4) is 5.75 Å². The van der Waals surface area contributed by atoms with E-state index in [0.717, 1.165) is 19.3 Å². The fourth-order valence-corrected chi connectivity index (χ4v) is 4.78. The van der Waals surface area contributed by atoms with Crippen LogP contribution in [-0.2, 0) is 14.8 Å². The minimum Gasteiger partial charge on any atom is -0.490 e. The molecule has 2 aliphatic rings. The molecule has 3 rings (SSSR count). The molecule has 172 valence electrons. The molecule has 1 unspecified atom stereocenters. The summed E-state index contributed by atoms with van der Waals surface area (Å²) in [5, 5.41) is 2.22. The number of rotatable bonds is 13. The van der Waals surface area contributed by atoms with Crippen molar-refractivity contribution in [3.63, 3.8) is 0 Å². The second kappa shape index (κ2) is 10.4. The first-order valence-electron chi connectivity index (χ1n) is 10.7. The van der Waals surface area contributed by atoms with Gasteiger partial charge in [0.1, 0.15) is 6.54 Å². The number of urea groups is 1. The largest absolute Gasteiger partial charge is 0.490 e. The molecule has 10 heteroatoms. The average molecular weight is 456 g/mol. The Bertz CT molecular complexity index is 904. The number of carbonyl (C=O) groups excluding carboxylic acids is 2. The summed E-state index contributed by atoms with van der Waals surface area (Å²) in [5.41, 5.74) is 0.647. The molecule has 1 heterocycles. The van der Waals surface area contributed by atoms with Crippen LogP contribution in [0.15, 0.2) is 18.2 Å². The van der Waals surface area contributed by atoms with Crippen molar-refractivity contribution < 1.29 is 27.1 Å². The highest BCUT2D eigenvalue weighted by atomic mass is 32.2. The summed E-state index contributed by atoms with van der Waals surface area (Å²) < 4.78 is 46.9. The van der Waals surface area contributed by atoms with E-state index in [1.54, 1.807) is 19.1 Å². The molecule has 2 fully saturated rings. The van der Waals surface area contributed by atoms with Crippen molar-refractivity contribution in [2.75, 3.05) is 25.4 Å². The third kappa shape index (κ3) is 7.46. The molecule has 0 aromatic heterocycles. The minimum atomic E-state index is -3.49. The van der Waals surface area contributed by atoms with Crippen molar-refractivity contribution in [2.45, 2.75) is 51.5 Å². The van der Waals surface area contributed by atoms with Gasteiger partial charge in [0, 0.05) is 12.6 Å². The van der Waals surface area contributed by atoms with Crippen LogP contribution in [0.2, 0.25) is 0 Å². The zero-order chi connectivity index (χ0) is 22.4. The molecule has 0 spiro atoms. The molecule has 1 aromatic carbocycles. The van der Waals surface area contributed by atoms with Crippen molar-refractivity contribution >= 4 is 22.0 Å². The number of sulfonamides is 1. The number of benzene rings is 1. The quantitative estimate of drug-likeness (QED) is 0.352. The highest BCUT2D eigenvalue weighted by molar-refractivity contribution is 7.89. The fourth-order valence-electron chi connectivity index (χ4n) is 3.40. The summed E-state index contributed by atoms with van der Waals surface area (Å²) in [5.74, 6) is -0.0983. The van der Waals surface area contributed by atoms with E-state index in [4.69, 9.17) is 4.74 Å². The monoisotopic (exact) mass is 455 g/mol. The lowest BCUT2D eigenvalue weighted by molar-refractivity contribution is -0.118. The third-order valence-electron chi connectivity index (χ3n) is 5.44. The van der Waals surface area contributed by atoms with Gasteiger partial charge in [-0.05, 0) is 56.2 Å². The van der Waals surface area contributed by atoms with Crippen LogP contribution in [0.3, 0.4) is 0 Å². The van der Waals surface area contributed by atoms with Crippen LogP contribution in [0.1, 0.15) is 57.1 Å². The van der Waals surface area contributed by atoms with Gasteiger partial charge in [-0.2, -0.15) is 0 Å². The second-order valence-electron chi connectivity index (χ2n) is 8.29. The van der Waals surface area contributed by atoms with Crippen molar-refractivity contribution in [3.05, 3.63) is 29.6 Å². The molecule has 1 atom stereocenters. The molecule has 2 N–H and O–H groups in total. The minimum absolute atomic E-state index is 0.00768. The highest BCUT2D eigenvalue weighted by Crippen LogP contribution is 2.31. The maximum atomic E-state index is 13.9. The summed E-state index contributed by atoms with van der Waals surface area (Å²) in [6, 6.07) is 3.56. The molecule has 1 saturated heterocycles. The van der Waals surface area contributed by atoms with Crippen LogP contribution in [0.4, 0.5) is 9.18 Å². The van der Waals surface area contributed by atoms with Gasteiger partial charge in [0.25, 0.3) is 0 Å². The summed E-state index contributed by atoms with van der Waals surface area (Å²) in [6.07, 6.45) is 4.88. The van der Waals surface area contributed by atoms with E-state index >= 15 is 0 Å². The normalized spacial score (nSPS) is 17.7. The van der Waals surface area contributed by atoms with Gasteiger partial charge in [0.05, 0.1) is 12.4 Å². The number of unbranched alkanes of at least 4 members (excludes halogenated alkanes) is 3. The molecule has 1 aliphatic carbocycles. The van der Waals surface area contributed by atoms with Gasteiger partial charge in [-0.15, -0.1) is 0 Å². The Morgan fingerprint density at radius 1 is 1.23 bits per heavy atom. The van der Waals surface area contributed by atoms with Gasteiger partial charge < -0.3 is 9.64 Å². The van der Waals surface area contributed by atoms with E-state index in [-0.39, 0.29) is 30.0 Å². The SMILES string of the molecule is CC(NS(=O)(=O)CCCCCCN1CC(=O)NC1=O)c1ccc(F)c(OCC2CC2)c1. The molecular weight excluding hydrogens is 425 g/mol. The lowest BCUT2D eigenvalue weighted by atomic mass is 10.1. The van der Waals surface area contributed by atoms with E-state index in [9.17, 15) is 22.4 Å². The average Bonchev–Trinajstić information content (AvgIpc) is 3.47. The van der Waals surface area contributed by atoms with Gasteiger partial charge in [0.2, 0.25) is 15.9 Å². The van der Waals surface area contributed by atoms with Gasteiger partial charge in [-0.1, -0.05) is 18.9 Å². The fraction of sp³-hybridized carbons (Fsp3) is 0.619. The molecule has 8 nitrogen and oxygen atoms in total. The maximum absolute atomic E-state index is 13.9. The number of nitrogens with one attached hydrogen (secondary N) is 2. The lowest BCUT2D eigenvalue weighted by Gasteiger charge is -2.16. The summed E-state index contributed by atoms with van der Waals surface area (Å²) in [7, 11) is -3.49. The van der Waals surface area contributed by atoms with Gasteiger partial charge >= 0.3 is 6.03 Å². The number of ether oxygens (including phenoxy) is 1. The summed E-state index contributed by atoms with van der Waals surface area (Å²) in [6.45, 7) is 2.78. The first-order valence-corrected chi connectivity index (χ1v) is 12.4. The predicted molar refractivity (Wildman–Crippen MR) is 114 cm³/mol. The smallest absolute Gasteiger partial charge is 0.324 e. The highest BCUT2D eigenvalue weighted by Gasteiger charge is 2.26. The first-order chi connectivity index (χ1) is 14.7. The number of amides is 3. The number of carbonyl (C=O) groups is 2. The predicted octanol–water partition coefficient (Wildman–Crippen LogP) is 2.71. The Morgan fingerprint density at radius 2 is 1.97 bits per heavy atom. The Labute approximate surface area is 182 Å². The number of imide groups is 1. The number of nitrogens with zero attached hydrogens (tertiary/aromatic N) is 1. The summed E-state index contributed by atoms with van der Waals surface area (Å²) >= 11 is 0. The van der Waals surface area contributed by atoms with E-state index in [1.807, 2.05) is 0 Å². The lowest BCUT2D eigenvalue weighted by Crippen LogP contribution is -2.29. The Kier molecular flexibility index (Phi) is 7.88. The van der Waals surface area contributed by atoms with Crippen molar-refractivity contribution in [1.82, 2.24) is 14.9 Å². The van der Waals surface area contributed by atoms with Gasteiger partial charge in [-0.3, -0.25) is 10.1 Å². The molecule has 3 amide bonds. The molecular formula is C21H30FN3O5S. The van der Waals surface area contributed by atoms with E-state index < -0.39 is 21.9 Å². The van der Waals surface area contributed by atoms with E-state index in [2.05, 4.69) is 10.0 Å². The standard InChI is InChI=1S/C21H30FN3O5S/c1-15(17-8-9-18(22)19(12-17)30-14-16-6-7-16)24-31(28,29)11-5-3-2-4-10-25-13-20(26)23-21(25)27/h8-9,12,15-16,24H,2-7,10-11,13-14H2,1H3,(H,23,26,27). The van der Waals surface area contributed by atoms with Crippen LogP contribution in [-0.4, -0.2) is 50.7 Å². The number of halogens is 1. The van der Waals surface area contributed by atoms with Crippen LogP contribution in [0, 0.1) is 11.7 Å². The second-order valence-corrected chi connectivity index (χ2v) is 10.2. The van der Waals surface area contributed by atoms with Crippen molar-refractivity contribution in [1.29, 1.82) is 0 Å². The van der Waals surface area contributed by atoms with Crippen LogP contribution in [0.25, 0.3) is 0 Å². The molecule has 1 aromatic rings. The number of hydrogen-bond donors (Lipinski definition) is 2. The van der Waals surface area contributed by atoms with Gasteiger partial charge in [0.15, 0.2) is 11.6 Å². The first kappa shape index (κ1) is 23.5. The molecule has 0 bridgehead atoms. The van der Waals surface area contributed by atoms with E-state index in [0.29, 0.717) is 43.9 Å². The zero-order valence-electron chi connectivity index (χ0n) is 17.7. The van der Waals surface area contributed by atoms with Crippen LogP contribution < -0.4 is 14.8 Å². The van der Waals surface area contributed by atoms with Gasteiger partial charge in [-0.25, -0.2) is 22.3 Å². The zero-order valence-corrected chi connectivity index (χ0v) is 18.5. The maximum Gasteiger partial charge on any atom is 0.324 e. The molecule has 1 saturated carbocycles. The molecule has 0 radical (unpaired) electrons. The summed E-state index contributed by atoms with van der Waals surface area (Å²) in [4.78, 5) is 24.0.